The van der Waals surface area contributed by atoms with E-state index in [1.54, 1.807) is 24.3 Å². The number of amides is 1. The second-order valence-corrected chi connectivity index (χ2v) is 6.66. The molecule has 0 bridgehead atoms. The van der Waals surface area contributed by atoms with E-state index in [1.807, 2.05) is 0 Å². The first-order valence-electron chi connectivity index (χ1n) is 8.99. The maximum absolute atomic E-state index is 12.7. The summed E-state index contributed by atoms with van der Waals surface area (Å²) in [5.41, 5.74) is 6.95. The van der Waals surface area contributed by atoms with Gasteiger partial charge in [-0.3, -0.25) is 19.2 Å². The molecule has 0 radical (unpaired) electrons. The van der Waals surface area contributed by atoms with E-state index >= 15 is 0 Å². The molecule has 1 amide bonds. The molecule has 0 aromatic heterocycles. The molecule has 0 aliphatic heterocycles. The van der Waals surface area contributed by atoms with Crippen molar-refractivity contribution in [1.29, 1.82) is 0 Å². The lowest BCUT2D eigenvalue weighted by atomic mass is 9.83. The zero-order chi connectivity index (χ0) is 20.3. The average Bonchev–Trinajstić information content (AvgIpc) is 2.71. The predicted octanol–water partition coefficient (Wildman–Crippen LogP) is 1.77. The Kier molecular flexibility index (Phi) is 5.65. The summed E-state index contributed by atoms with van der Waals surface area (Å²) in [6.07, 6.45) is 1.49. The Balaban J connectivity index is 1.65. The third kappa shape index (κ3) is 3.84. The van der Waals surface area contributed by atoms with Crippen molar-refractivity contribution in [3.63, 3.8) is 0 Å². The van der Waals surface area contributed by atoms with Gasteiger partial charge in [0.15, 0.2) is 11.6 Å². The van der Waals surface area contributed by atoms with Crippen LogP contribution in [-0.2, 0) is 4.79 Å². The van der Waals surface area contributed by atoms with Crippen molar-refractivity contribution < 1.29 is 24.3 Å². The first kappa shape index (κ1) is 19.4. The second-order valence-electron chi connectivity index (χ2n) is 6.66. The van der Waals surface area contributed by atoms with Crippen LogP contribution < -0.4 is 11.1 Å². The normalized spacial score (nSPS) is 13.5. The SMILES string of the molecule is NC(CCCCNC(=O)c1ccc2c(c1)C(=O)c1ccccc1C2=O)C(=O)O. The highest BCUT2D eigenvalue weighted by Gasteiger charge is 2.29. The van der Waals surface area contributed by atoms with Gasteiger partial charge in [0.1, 0.15) is 6.04 Å². The largest absolute Gasteiger partial charge is 0.480 e. The minimum absolute atomic E-state index is 0.226. The number of aliphatic carboxylic acids is 1. The fourth-order valence-electron chi connectivity index (χ4n) is 3.16. The minimum atomic E-state index is -1.04. The van der Waals surface area contributed by atoms with Gasteiger partial charge in [0.25, 0.3) is 5.91 Å². The number of hydrogen-bond donors (Lipinski definition) is 3. The summed E-state index contributed by atoms with van der Waals surface area (Å²) in [5, 5.41) is 11.5. The Bertz CT molecular complexity index is 967. The molecule has 7 nitrogen and oxygen atoms in total. The molecular weight excluding hydrogens is 360 g/mol. The van der Waals surface area contributed by atoms with Crippen molar-refractivity contribution in [2.45, 2.75) is 25.3 Å². The van der Waals surface area contributed by atoms with Gasteiger partial charge in [-0.05, 0) is 37.5 Å². The van der Waals surface area contributed by atoms with Crippen molar-refractivity contribution in [2.24, 2.45) is 5.73 Å². The third-order valence-electron chi connectivity index (χ3n) is 4.73. The van der Waals surface area contributed by atoms with Crippen LogP contribution in [0.1, 0.15) is 61.5 Å². The highest BCUT2D eigenvalue weighted by Crippen LogP contribution is 2.27. The number of carbonyl (C=O) groups excluding carboxylic acids is 3. The number of unbranched alkanes of at least 4 members (excludes halogenated alkanes) is 1. The molecular formula is C21H20N2O5. The third-order valence-corrected chi connectivity index (χ3v) is 4.73. The molecule has 2 aromatic rings. The molecule has 0 saturated heterocycles. The highest BCUT2D eigenvalue weighted by molar-refractivity contribution is 6.28. The lowest BCUT2D eigenvalue weighted by Crippen LogP contribution is -2.30. The molecule has 0 spiro atoms. The lowest BCUT2D eigenvalue weighted by molar-refractivity contribution is -0.138. The summed E-state index contributed by atoms with van der Waals surface area (Å²) < 4.78 is 0. The predicted molar refractivity (Wildman–Crippen MR) is 102 cm³/mol. The summed E-state index contributed by atoms with van der Waals surface area (Å²) in [5.74, 6) is -1.90. The van der Waals surface area contributed by atoms with Gasteiger partial charge in [-0.25, -0.2) is 0 Å². The maximum atomic E-state index is 12.7. The number of nitrogens with one attached hydrogen (secondary N) is 1. The van der Waals surface area contributed by atoms with E-state index < -0.39 is 12.0 Å². The number of carboxylic acids is 1. The van der Waals surface area contributed by atoms with Crippen molar-refractivity contribution in [1.82, 2.24) is 5.32 Å². The smallest absolute Gasteiger partial charge is 0.320 e. The molecule has 0 heterocycles. The van der Waals surface area contributed by atoms with Crippen LogP contribution in [0.15, 0.2) is 42.5 Å². The van der Waals surface area contributed by atoms with E-state index in [1.165, 1.54) is 18.2 Å². The van der Waals surface area contributed by atoms with E-state index in [0.717, 1.165) is 0 Å². The highest BCUT2D eigenvalue weighted by atomic mass is 16.4. The average molecular weight is 380 g/mol. The van der Waals surface area contributed by atoms with Crippen molar-refractivity contribution in [2.75, 3.05) is 6.54 Å². The summed E-state index contributed by atoms with van der Waals surface area (Å²) in [4.78, 5) is 48.3. The van der Waals surface area contributed by atoms with E-state index in [9.17, 15) is 19.2 Å². The van der Waals surface area contributed by atoms with Crippen molar-refractivity contribution in [3.05, 3.63) is 70.3 Å². The quantitative estimate of drug-likeness (QED) is 0.536. The van der Waals surface area contributed by atoms with Crippen LogP contribution in [0.5, 0.6) is 0 Å². The summed E-state index contributed by atoms with van der Waals surface area (Å²) in [6.45, 7) is 0.359. The fourth-order valence-corrected chi connectivity index (χ4v) is 3.16. The molecule has 28 heavy (non-hydrogen) atoms. The molecule has 7 heteroatoms. The molecule has 0 fully saturated rings. The van der Waals surface area contributed by atoms with Gasteiger partial charge in [0.05, 0.1) is 0 Å². The Hall–Kier alpha value is -3.32. The number of nitrogens with two attached hydrogens (primary N) is 1. The molecule has 1 aliphatic carbocycles. The number of carbonyl (C=O) groups is 4. The van der Waals surface area contributed by atoms with Crippen LogP contribution in [0.3, 0.4) is 0 Å². The molecule has 2 aromatic carbocycles. The first-order chi connectivity index (χ1) is 13.4. The zero-order valence-electron chi connectivity index (χ0n) is 15.1. The molecule has 144 valence electrons. The van der Waals surface area contributed by atoms with Crippen LogP contribution in [0, 0.1) is 0 Å². The molecule has 3 rings (SSSR count). The topological polar surface area (TPSA) is 127 Å². The van der Waals surface area contributed by atoms with Crippen molar-refractivity contribution in [3.8, 4) is 0 Å². The number of rotatable bonds is 7. The Morgan fingerprint density at radius 1 is 0.929 bits per heavy atom. The van der Waals surface area contributed by atoms with E-state index in [-0.39, 0.29) is 23.0 Å². The monoisotopic (exact) mass is 380 g/mol. The van der Waals surface area contributed by atoms with Gasteiger partial charge in [-0.1, -0.05) is 24.3 Å². The molecule has 4 N–H and O–H groups in total. The lowest BCUT2D eigenvalue weighted by Gasteiger charge is -2.18. The van der Waals surface area contributed by atoms with Crippen LogP contribution in [0.4, 0.5) is 0 Å². The van der Waals surface area contributed by atoms with Gasteiger partial charge in [0, 0.05) is 34.4 Å². The Morgan fingerprint density at radius 3 is 2.18 bits per heavy atom. The summed E-state index contributed by atoms with van der Waals surface area (Å²) >= 11 is 0. The maximum Gasteiger partial charge on any atom is 0.320 e. The zero-order valence-corrected chi connectivity index (χ0v) is 15.1. The Labute approximate surface area is 161 Å². The van der Waals surface area contributed by atoms with Crippen LogP contribution >= 0.6 is 0 Å². The van der Waals surface area contributed by atoms with E-state index in [0.29, 0.717) is 48.1 Å². The first-order valence-corrected chi connectivity index (χ1v) is 8.99. The van der Waals surface area contributed by atoms with Crippen LogP contribution in [0.25, 0.3) is 0 Å². The van der Waals surface area contributed by atoms with Gasteiger partial charge in [-0.15, -0.1) is 0 Å². The van der Waals surface area contributed by atoms with Gasteiger partial charge >= 0.3 is 5.97 Å². The van der Waals surface area contributed by atoms with Crippen LogP contribution in [-0.4, -0.2) is 41.1 Å². The number of benzene rings is 2. The standard InChI is InChI=1S/C21H20N2O5/c22-17(21(27)28)7-3-4-10-23-20(26)12-8-9-15-16(11-12)19(25)14-6-2-1-5-13(14)18(15)24/h1-2,5-6,8-9,11,17H,3-4,7,10,22H2,(H,23,26)(H,27,28). The number of hydrogen-bond acceptors (Lipinski definition) is 5. The molecule has 1 aliphatic rings. The van der Waals surface area contributed by atoms with Gasteiger partial charge in [-0.2, -0.15) is 0 Å². The fraction of sp³-hybridized carbons (Fsp3) is 0.238. The van der Waals surface area contributed by atoms with E-state index in [4.69, 9.17) is 10.8 Å². The minimum Gasteiger partial charge on any atom is -0.480 e. The Morgan fingerprint density at radius 2 is 1.54 bits per heavy atom. The van der Waals surface area contributed by atoms with E-state index in [2.05, 4.69) is 5.32 Å². The van der Waals surface area contributed by atoms with Gasteiger partial charge < -0.3 is 16.2 Å². The van der Waals surface area contributed by atoms with Crippen LogP contribution in [0.2, 0.25) is 0 Å². The number of fused-ring (bicyclic) bond motifs is 2. The molecule has 1 unspecified atom stereocenters. The number of carboxylic acid groups (broad SMARTS) is 1. The van der Waals surface area contributed by atoms with Crippen molar-refractivity contribution >= 4 is 23.4 Å². The molecule has 1 atom stereocenters. The molecule has 0 saturated carbocycles. The second kappa shape index (κ2) is 8.14. The summed E-state index contributed by atoms with van der Waals surface area (Å²) in [6, 6.07) is 10.2. The number of ketones is 2. The summed E-state index contributed by atoms with van der Waals surface area (Å²) in [7, 11) is 0. The van der Waals surface area contributed by atoms with Gasteiger partial charge in [0.2, 0.25) is 0 Å².